The van der Waals surface area contributed by atoms with Gasteiger partial charge in [0, 0.05) is 48.0 Å². The largest absolute Gasteiger partial charge is 0.350 e. The van der Waals surface area contributed by atoms with Crippen molar-refractivity contribution in [2.75, 3.05) is 0 Å². The summed E-state index contributed by atoms with van der Waals surface area (Å²) in [6, 6.07) is 13.7. The number of hydrogen-bond donors (Lipinski definition) is 0. The Hall–Kier alpha value is -2.74. The van der Waals surface area contributed by atoms with E-state index < -0.39 is 0 Å². The summed E-state index contributed by atoms with van der Waals surface area (Å²) in [5.74, 6) is 0. The first kappa shape index (κ1) is 13.7. The van der Waals surface area contributed by atoms with Crippen molar-refractivity contribution in [3.05, 3.63) is 59.9 Å². The maximum atomic E-state index is 2.29. The van der Waals surface area contributed by atoms with Crippen molar-refractivity contribution in [2.24, 2.45) is 14.1 Å². The first-order chi connectivity index (χ1) is 11.6. The Labute approximate surface area is 140 Å². The van der Waals surface area contributed by atoms with Crippen LogP contribution in [0.4, 0.5) is 0 Å². The zero-order valence-corrected chi connectivity index (χ0v) is 14.5. The van der Waals surface area contributed by atoms with Crippen LogP contribution in [-0.4, -0.2) is 9.13 Å². The SMILES string of the molecule is Cc1cn(C)c2c1ccc1c3ccc4c(C)cn(C)c4c3ccc12. The van der Waals surface area contributed by atoms with Gasteiger partial charge in [0.05, 0.1) is 11.0 Å². The summed E-state index contributed by atoms with van der Waals surface area (Å²) in [7, 11) is 4.28. The fourth-order valence-electron chi connectivity index (χ4n) is 4.44. The minimum absolute atomic E-state index is 1.33. The van der Waals surface area contributed by atoms with Gasteiger partial charge >= 0.3 is 0 Å². The lowest BCUT2D eigenvalue weighted by Crippen LogP contribution is -1.89. The molecule has 0 radical (unpaired) electrons. The highest BCUT2D eigenvalue weighted by atomic mass is 14.9. The van der Waals surface area contributed by atoms with Gasteiger partial charge in [-0.3, -0.25) is 0 Å². The van der Waals surface area contributed by atoms with Gasteiger partial charge in [-0.1, -0.05) is 36.4 Å². The first-order valence-electron chi connectivity index (χ1n) is 8.42. The van der Waals surface area contributed by atoms with Crippen LogP contribution in [0.1, 0.15) is 11.1 Å². The van der Waals surface area contributed by atoms with Crippen molar-refractivity contribution in [1.29, 1.82) is 0 Å². The first-order valence-corrected chi connectivity index (χ1v) is 8.42. The Balaban J connectivity index is 2.05. The van der Waals surface area contributed by atoms with Crippen LogP contribution in [0, 0.1) is 13.8 Å². The van der Waals surface area contributed by atoms with Gasteiger partial charge in [0.2, 0.25) is 0 Å². The third-order valence-corrected chi connectivity index (χ3v) is 5.47. The highest BCUT2D eigenvalue weighted by Gasteiger charge is 2.12. The molecule has 2 heterocycles. The molecule has 2 aromatic heterocycles. The second kappa shape index (κ2) is 4.41. The highest BCUT2D eigenvalue weighted by Crippen LogP contribution is 2.36. The van der Waals surface area contributed by atoms with E-state index in [1.807, 2.05) is 0 Å². The standard InChI is InChI=1S/C22H20N2/c1-13-11-23(3)21-15(13)5-7-17-18-8-6-16-14(2)12-24(4)22(16)20(18)10-9-19(17)21/h5-12H,1-4H3. The molecular formula is C22H20N2. The molecule has 24 heavy (non-hydrogen) atoms. The Morgan fingerprint density at radius 2 is 0.833 bits per heavy atom. The second-order valence-corrected chi connectivity index (χ2v) is 7.03. The molecule has 2 nitrogen and oxygen atoms in total. The fourth-order valence-corrected chi connectivity index (χ4v) is 4.44. The van der Waals surface area contributed by atoms with E-state index in [0.717, 1.165) is 0 Å². The van der Waals surface area contributed by atoms with Crippen LogP contribution in [0.2, 0.25) is 0 Å². The van der Waals surface area contributed by atoms with Crippen LogP contribution >= 0.6 is 0 Å². The Morgan fingerprint density at radius 1 is 0.500 bits per heavy atom. The second-order valence-electron chi connectivity index (χ2n) is 7.03. The number of aromatic nitrogens is 2. The summed E-state index contributed by atoms with van der Waals surface area (Å²) in [5, 5.41) is 8.03. The van der Waals surface area contributed by atoms with E-state index in [1.54, 1.807) is 0 Å². The number of hydrogen-bond acceptors (Lipinski definition) is 0. The molecule has 0 aliphatic carbocycles. The molecule has 0 spiro atoms. The molecule has 118 valence electrons. The Bertz CT molecular complexity index is 1180. The van der Waals surface area contributed by atoms with E-state index in [-0.39, 0.29) is 0 Å². The average molecular weight is 312 g/mol. The van der Waals surface area contributed by atoms with Crippen LogP contribution in [-0.2, 0) is 14.1 Å². The lowest BCUT2D eigenvalue weighted by Gasteiger charge is -2.09. The lowest BCUT2D eigenvalue weighted by molar-refractivity contribution is 0.967. The van der Waals surface area contributed by atoms with Crippen LogP contribution in [0.15, 0.2) is 48.8 Å². The molecule has 0 saturated heterocycles. The van der Waals surface area contributed by atoms with Gasteiger partial charge in [-0.25, -0.2) is 0 Å². The van der Waals surface area contributed by atoms with Crippen molar-refractivity contribution in [1.82, 2.24) is 9.13 Å². The molecule has 0 amide bonds. The minimum Gasteiger partial charge on any atom is -0.350 e. The van der Waals surface area contributed by atoms with Gasteiger partial charge in [-0.05, 0) is 35.7 Å². The molecule has 5 rings (SSSR count). The molecule has 3 aromatic carbocycles. The van der Waals surface area contributed by atoms with Crippen LogP contribution in [0.25, 0.3) is 43.4 Å². The van der Waals surface area contributed by atoms with Crippen LogP contribution in [0.5, 0.6) is 0 Å². The van der Waals surface area contributed by atoms with Crippen molar-refractivity contribution in [3.8, 4) is 0 Å². The zero-order valence-electron chi connectivity index (χ0n) is 14.5. The molecule has 0 fully saturated rings. The average Bonchev–Trinajstić information content (AvgIpc) is 3.03. The number of aryl methyl sites for hydroxylation is 4. The van der Waals surface area contributed by atoms with Crippen LogP contribution in [0.3, 0.4) is 0 Å². The number of nitrogens with zero attached hydrogens (tertiary/aromatic N) is 2. The van der Waals surface area contributed by atoms with E-state index >= 15 is 0 Å². The van der Waals surface area contributed by atoms with Crippen molar-refractivity contribution in [2.45, 2.75) is 13.8 Å². The van der Waals surface area contributed by atoms with Gasteiger partial charge in [0.1, 0.15) is 0 Å². The molecule has 0 N–H and O–H groups in total. The molecule has 0 aliphatic rings. The van der Waals surface area contributed by atoms with E-state index in [0.29, 0.717) is 0 Å². The molecule has 5 aromatic rings. The van der Waals surface area contributed by atoms with Gasteiger partial charge in [0.25, 0.3) is 0 Å². The number of benzene rings is 3. The Kier molecular flexibility index (Phi) is 2.52. The smallest absolute Gasteiger partial charge is 0.0560 e. The van der Waals surface area contributed by atoms with E-state index in [4.69, 9.17) is 0 Å². The van der Waals surface area contributed by atoms with Gasteiger partial charge in [0.15, 0.2) is 0 Å². The molecule has 2 heteroatoms. The number of rotatable bonds is 0. The third kappa shape index (κ3) is 1.56. The summed E-state index contributed by atoms with van der Waals surface area (Å²) in [6.45, 7) is 4.37. The van der Waals surface area contributed by atoms with Crippen molar-refractivity contribution < 1.29 is 0 Å². The fraction of sp³-hybridized carbons (Fsp3) is 0.182. The van der Waals surface area contributed by atoms with E-state index in [1.165, 1.54) is 54.5 Å². The van der Waals surface area contributed by atoms with Gasteiger partial charge in [-0.15, -0.1) is 0 Å². The molecule has 0 aliphatic heterocycles. The monoisotopic (exact) mass is 312 g/mol. The summed E-state index contributed by atoms with van der Waals surface area (Å²) in [6.07, 6.45) is 4.44. The normalized spacial score (nSPS) is 12.2. The van der Waals surface area contributed by atoms with Gasteiger partial charge in [-0.2, -0.15) is 0 Å². The minimum atomic E-state index is 1.33. The van der Waals surface area contributed by atoms with Crippen molar-refractivity contribution in [3.63, 3.8) is 0 Å². The summed E-state index contributed by atoms with van der Waals surface area (Å²) >= 11 is 0. The lowest BCUT2D eigenvalue weighted by atomic mass is 9.97. The molecule has 0 atom stereocenters. The zero-order chi connectivity index (χ0) is 16.6. The quantitative estimate of drug-likeness (QED) is 0.330. The molecule has 0 unspecified atom stereocenters. The van der Waals surface area contributed by atoms with Crippen molar-refractivity contribution >= 4 is 43.4 Å². The molecule has 0 saturated carbocycles. The van der Waals surface area contributed by atoms with E-state index in [9.17, 15) is 0 Å². The van der Waals surface area contributed by atoms with E-state index in [2.05, 4.69) is 85.9 Å². The number of fused-ring (bicyclic) bond motifs is 7. The Morgan fingerprint density at radius 3 is 1.25 bits per heavy atom. The molecular weight excluding hydrogens is 292 g/mol. The van der Waals surface area contributed by atoms with Gasteiger partial charge < -0.3 is 9.13 Å². The summed E-state index contributed by atoms with van der Waals surface area (Å²) in [5.41, 5.74) is 5.33. The highest BCUT2D eigenvalue weighted by molar-refractivity contribution is 6.21. The van der Waals surface area contributed by atoms with Crippen LogP contribution < -0.4 is 0 Å². The summed E-state index contributed by atoms with van der Waals surface area (Å²) < 4.78 is 4.51. The maximum Gasteiger partial charge on any atom is 0.0560 e. The summed E-state index contributed by atoms with van der Waals surface area (Å²) in [4.78, 5) is 0. The maximum absolute atomic E-state index is 2.29. The topological polar surface area (TPSA) is 9.86 Å². The predicted molar refractivity (Wildman–Crippen MR) is 104 cm³/mol. The predicted octanol–water partition coefficient (Wildman–Crippen LogP) is 5.59. The molecule has 0 bridgehead atoms. The third-order valence-electron chi connectivity index (χ3n) is 5.47.